The van der Waals surface area contributed by atoms with Gasteiger partial charge in [0.1, 0.15) is 5.25 Å². The maximum atomic E-state index is 10.9. The summed E-state index contributed by atoms with van der Waals surface area (Å²) in [5.74, 6) is -1.28. The van der Waals surface area contributed by atoms with Crippen molar-refractivity contribution < 1.29 is 22.5 Å². The highest BCUT2D eigenvalue weighted by atomic mass is 32.2. The van der Waals surface area contributed by atoms with E-state index in [2.05, 4.69) is 4.42 Å². The lowest BCUT2D eigenvalue weighted by atomic mass is 10.3. The summed E-state index contributed by atoms with van der Waals surface area (Å²) in [6, 6.07) is 0.940. The summed E-state index contributed by atoms with van der Waals surface area (Å²) in [5, 5.41) is 7.67. The molecule has 7 heteroatoms. The van der Waals surface area contributed by atoms with Gasteiger partial charge in [0.05, 0.1) is 6.26 Å². The quantitative estimate of drug-likeness (QED) is 0.694. The molecule has 0 saturated carbocycles. The predicted molar refractivity (Wildman–Crippen MR) is 46.6 cm³/mol. The molecule has 0 aliphatic rings. The van der Waals surface area contributed by atoms with Crippen LogP contribution in [0.1, 0.15) is 17.9 Å². The summed E-state index contributed by atoms with van der Waals surface area (Å²) in [4.78, 5) is 10.9. The Labute approximate surface area is 79.6 Å². The van der Waals surface area contributed by atoms with Crippen LogP contribution in [0.5, 0.6) is 5.75 Å². The summed E-state index contributed by atoms with van der Waals surface area (Å²) in [7, 11) is -4.39. The maximum Gasteiger partial charge on any atom is 0.275 e. The number of hydrogen-bond donors (Lipinski definition) is 2. The minimum atomic E-state index is -4.39. The van der Waals surface area contributed by atoms with Gasteiger partial charge in [0.15, 0.2) is 5.76 Å². The van der Waals surface area contributed by atoms with Crippen molar-refractivity contribution in [3.8, 4) is 5.75 Å². The van der Waals surface area contributed by atoms with Crippen LogP contribution in [0.4, 0.5) is 0 Å². The maximum absolute atomic E-state index is 10.9. The van der Waals surface area contributed by atoms with Gasteiger partial charge in [-0.1, -0.05) is 0 Å². The minimum Gasteiger partial charge on any atom is -0.502 e. The topological polar surface area (TPSA) is 105 Å². The lowest BCUT2D eigenvalue weighted by molar-refractivity contribution is 0.388. The molecule has 0 aromatic carbocycles. The van der Waals surface area contributed by atoms with Crippen LogP contribution in [-0.4, -0.2) is 18.1 Å². The van der Waals surface area contributed by atoms with Gasteiger partial charge in [-0.05, 0) is 6.92 Å². The summed E-state index contributed by atoms with van der Waals surface area (Å²) in [5.41, 5.74) is -0.762. The third kappa shape index (κ3) is 1.94. The van der Waals surface area contributed by atoms with Gasteiger partial charge >= 0.3 is 0 Å². The molecule has 1 atom stereocenters. The smallest absolute Gasteiger partial charge is 0.275 e. The van der Waals surface area contributed by atoms with E-state index < -0.39 is 32.3 Å². The Hall–Kier alpha value is -1.34. The first-order chi connectivity index (χ1) is 6.34. The Kier molecular flexibility index (Phi) is 2.63. The molecule has 0 amide bonds. The van der Waals surface area contributed by atoms with Crippen molar-refractivity contribution in [1.82, 2.24) is 0 Å². The first kappa shape index (κ1) is 10.7. The van der Waals surface area contributed by atoms with Gasteiger partial charge in [0, 0.05) is 6.07 Å². The van der Waals surface area contributed by atoms with Crippen LogP contribution in [0.25, 0.3) is 0 Å². The van der Waals surface area contributed by atoms with E-state index in [0.717, 1.165) is 19.3 Å². The van der Waals surface area contributed by atoms with Crippen molar-refractivity contribution in [1.29, 1.82) is 0 Å². The van der Waals surface area contributed by atoms with Crippen LogP contribution in [0.3, 0.4) is 0 Å². The van der Waals surface area contributed by atoms with E-state index in [4.69, 9.17) is 9.66 Å². The van der Waals surface area contributed by atoms with E-state index in [0.29, 0.717) is 0 Å². The van der Waals surface area contributed by atoms with Crippen LogP contribution < -0.4 is 5.43 Å². The van der Waals surface area contributed by atoms with Gasteiger partial charge in [-0.25, -0.2) is 0 Å². The molecule has 78 valence electrons. The molecule has 6 nitrogen and oxygen atoms in total. The highest BCUT2D eigenvalue weighted by Crippen LogP contribution is 2.25. The molecule has 1 heterocycles. The van der Waals surface area contributed by atoms with Gasteiger partial charge in [0.25, 0.3) is 10.1 Å². The predicted octanol–water partition coefficient (Wildman–Crippen LogP) is 0.294. The van der Waals surface area contributed by atoms with Crippen LogP contribution in [0.2, 0.25) is 0 Å². The Morgan fingerprint density at radius 3 is 2.57 bits per heavy atom. The van der Waals surface area contributed by atoms with Gasteiger partial charge in [-0.15, -0.1) is 0 Å². The molecular weight excluding hydrogens is 212 g/mol. The zero-order valence-corrected chi connectivity index (χ0v) is 7.98. The Bertz CT molecular complexity index is 485. The zero-order valence-electron chi connectivity index (χ0n) is 7.17. The Morgan fingerprint density at radius 1 is 1.50 bits per heavy atom. The van der Waals surface area contributed by atoms with Crippen LogP contribution >= 0.6 is 0 Å². The average molecular weight is 220 g/mol. The fourth-order valence-corrected chi connectivity index (χ4v) is 1.29. The van der Waals surface area contributed by atoms with Gasteiger partial charge in [-0.2, -0.15) is 8.42 Å². The average Bonchev–Trinajstić information content (AvgIpc) is 2.07. The second-order valence-corrected chi connectivity index (χ2v) is 4.39. The van der Waals surface area contributed by atoms with E-state index in [1.807, 2.05) is 0 Å². The van der Waals surface area contributed by atoms with Crippen LogP contribution in [-0.2, 0) is 10.1 Å². The van der Waals surface area contributed by atoms with Crippen molar-refractivity contribution in [3.63, 3.8) is 0 Å². The van der Waals surface area contributed by atoms with Gasteiger partial charge in [-0.3, -0.25) is 9.35 Å². The van der Waals surface area contributed by atoms with Crippen molar-refractivity contribution in [2.24, 2.45) is 0 Å². The first-order valence-corrected chi connectivity index (χ1v) is 5.11. The third-order valence-electron chi connectivity index (χ3n) is 1.70. The van der Waals surface area contributed by atoms with Gasteiger partial charge in [0.2, 0.25) is 11.2 Å². The zero-order chi connectivity index (χ0) is 10.9. The molecule has 0 aliphatic carbocycles. The van der Waals surface area contributed by atoms with E-state index in [9.17, 15) is 13.2 Å². The third-order valence-corrected chi connectivity index (χ3v) is 2.80. The molecule has 1 unspecified atom stereocenters. The molecule has 0 saturated heterocycles. The fourth-order valence-electron chi connectivity index (χ4n) is 0.849. The van der Waals surface area contributed by atoms with Gasteiger partial charge < -0.3 is 9.52 Å². The van der Waals surface area contributed by atoms with E-state index in [1.54, 1.807) is 0 Å². The summed E-state index contributed by atoms with van der Waals surface area (Å²) in [6.45, 7) is 1.09. The van der Waals surface area contributed by atoms with Crippen molar-refractivity contribution in [2.75, 3.05) is 0 Å². The second-order valence-electron chi connectivity index (χ2n) is 2.65. The molecule has 0 aliphatic heterocycles. The highest BCUT2D eigenvalue weighted by molar-refractivity contribution is 7.86. The minimum absolute atomic E-state index is 0.472. The lowest BCUT2D eigenvalue weighted by Gasteiger charge is -2.07. The van der Waals surface area contributed by atoms with Crippen LogP contribution in [0.15, 0.2) is 21.5 Å². The molecule has 0 bridgehead atoms. The standard InChI is InChI=1S/C7H8O6S/c1-4(14(10,11)12)7-6(9)5(8)2-3-13-7/h2-4,9H,1H3,(H,10,11,12). The monoisotopic (exact) mass is 220 g/mol. The molecule has 1 rings (SSSR count). The molecule has 0 spiro atoms. The number of rotatable bonds is 2. The van der Waals surface area contributed by atoms with E-state index >= 15 is 0 Å². The fraction of sp³-hybridized carbons (Fsp3) is 0.286. The Morgan fingerprint density at radius 2 is 2.07 bits per heavy atom. The normalized spacial score (nSPS) is 13.9. The SMILES string of the molecule is CC(c1occc(=O)c1O)S(=O)(=O)O. The van der Waals surface area contributed by atoms with Crippen molar-refractivity contribution in [2.45, 2.75) is 12.2 Å². The molecular formula is C7H8O6S. The molecule has 1 aromatic heterocycles. The van der Waals surface area contributed by atoms with Crippen molar-refractivity contribution in [3.05, 3.63) is 28.3 Å². The first-order valence-electron chi connectivity index (χ1n) is 3.61. The number of aromatic hydroxyl groups is 1. The summed E-state index contributed by atoms with van der Waals surface area (Å²) in [6.07, 6.45) is 0.944. The van der Waals surface area contributed by atoms with E-state index in [1.165, 1.54) is 0 Å². The molecule has 2 N–H and O–H groups in total. The summed E-state index contributed by atoms with van der Waals surface area (Å²) < 4.78 is 34.6. The molecule has 0 fully saturated rings. The summed E-state index contributed by atoms with van der Waals surface area (Å²) >= 11 is 0. The van der Waals surface area contributed by atoms with Crippen molar-refractivity contribution >= 4 is 10.1 Å². The second kappa shape index (κ2) is 3.43. The number of hydrogen-bond acceptors (Lipinski definition) is 5. The van der Waals surface area contributed by atoms with E-state index in [-0.39, 0.29) is 0 Å². The Balaban J connectivity index is 3.35. The molecule has 14 heavy (non-hydrogen) atoms. The lowest BCUT2D eigenvalue weighted by Crippen LogP contribution is -2.11. The van der Waals surface area contributed by atoms with Crippen LogP contribution in [0, 0.1) is 0 Å². The largest absolute Gasteiger partial charge is 0.502 e. The molecule has 0 radical (unpaired) electrons. The highest BCUT2D eigenvalue weighted by Gasteiger charge is 2.26. The molecule has 1 aromatic rings.